The summed E-state index contributed by atoms with van der Waals surface area (Å²) in [5, 5.41) is 4.55. The lowest BCUT2D eigenvalue weighted by Crippen LogP contribution is -2.33. The first-order valence-corrected chi connectivity index (χ1v) is 11.0. The van der Waals surface area contributed by atoms with Crippen molar-refractivity contribution in [2.75, 3.05) is 5.75 Å². The van der Waals surface area contributed by atoms with Crippen molar-refractivity contribution in [1.82, 2.24) is 14.9 Å². The maximum Gasteiger partial charge on any atom is 0.262 e. The highest BCUT2D eigenvalue weighted by Gasteiger charge is 2.19. The van der Waals surface area contributed by atoms with E-state index in [9.17, 15) is 9.59 Å². The number of thioether (sulfide) groups is 1. The normalized spacial score (nSPS) is 12.1. The van der Waals surface area contributed by atoms with Gasteiger partial charge in [0.25, 0.3) is 5.56 Å². The number of hydrogen-bond donors (Lipinski definition) is 1. The van der Waals surface area contributed by atoms with E-state index in [4.69, 9.17) is 11.6 Å². The highest BCUT2D eigenvalue weighted by molar-refractivity contribution is 7.99. The van der Waals surface area contributed by atoms with Crippen LogP contribution in [0, 0.1) is 5.92 Å². The van der Waals surface area contributed by atoms with Crippen molar-refractivity contribution < 1.29 is 4.79 Å². The average Bonchev–Trinajstić information content (AvgIpc) is 2.73. The maximum atomic E-state index is 12.9. The van der Waals surface area contributed by atoms with Gasteiger partial charge >= 0.3 is 0 Å². The Bertz CT molecular complexity index is 1110. The molecular formula is C23H24ClN3O2S. The summed E-state index contributed by atoms with van der Waals surface area (Å²) in [5.74, 6) is 0.264. The number of hydrogen-bond acceptors (Lipinski definition) is 4. The summed E-state index contributed by atoms with van der Waals surface area (Å²) < 4.78 is 1.53. The number of aromatic nitrogens is 2. The molecule has 156 valence electrons. The van der Waals surface area contributed by atoms with Crippen molar-refractivity contribution in [3.05, 3.63) is 82.1 Å². The first-order valence-electron chi connectivity index (χ1n) is 9.68. The zero-order chi connectivity index (χ0) is 21.7. The van der Waals surface area contributed by atoms with Gasteiger partial charge in [-0.1, -0.05) is 73.6 Å². The van der Waals surface area contributed by atoms with Crippen LogP contribution in [0.15, 0.2) is 71.1 Å². The highest BCUT2D eigenvalue weighted by atomic mass is 35.5. The van der Waals surface area contributed by atoms with Gasteiger partial charge in [0.15, 0.2) is 5.16 Å². The average molecular weight is 442 g/mol. The molecule has 5 nitrogen and oxygen atoms in total. The predicted octanol–water partition coefficient (Wildman–Crippen LogP) is 4.84. The molecule has 0 fully saturated rings. The van der Waals surface area contributed by atoms with Gasteiger partial charge in [0.1, 0.15) is 0 Å². The smallest absolute Gasteiger partial charge is 0.262 e. The van der Waals surface area contributed by atoms with Gasteiger partial charge < -0.3 is 5.32 Å². The summed E-state index contributed by atoms with van der Waals surface area (Å²) in [6, 6.07) is 14.8. The molecule has 1 heterocycles. The molecule has 0 radical (unpaired) electrons. The van der Waals surface area contributed by atoms with Gasteiger partial charge in [-0.15, -0.1) is 6.58 Å². The minimum Gasteiger partial charge on any atom is -0.348 e. The highest BCUT2D eigenvalue weighted by Crippen LogP contribution is 2.23. The standard InChI is InChI=1S/C23H24ClN3O2S/c1-4-12-27-22(29)18-11-10-17(24)13-19(18)25-23(27)30-14-20(28)26-21(15(2)3)16-8-6-5-7-9-16/h4-11,13,15,21H,1,12,14H2,2-3H3,(H,26,28). The van der Waals surface area contributed by atoms with Crippen LogP contribution < -0.4 is 10.9 Å². The quantitative estimate of drug-likeness (QED) is 0.308. The number of fused-ring (bicyclic) bond motifs is 1. The van der Waals surface area contributed by atoms with Crippen LogP contribution in [-0.4, -0.2) is 21.2 Å². The van der Waals surface area contributed by atoms with Crippen LogP contribution in [0.2, 0.25) is 5.02 Å². The Balaban J connectivity index is 1.81. The van der Waals surface area contributed by atoms with Gasteiger partial charge in [-0.3, -0.25) is 14.2 Å². The van der Waals surface area contributed by atoms with Crippen LogP contribution >= 0.6 is 23.4 Å². The van der Waals surface area contributed by atoms with Crippen LogP contribution in [0.3, 0.4) is 0 Å². The molecule has 3 aromatic rings. The largest absolute Gasteiger partial charge is 0.348 e. The summed E-state index contributed by atoms with van der Waals surface area (Å²) in [7, 11) is 0. The summed E-state index contributed by atoms with van der Waals surface area (Å²) in [6.45, 7) is 8.18. The molecule has 30 heavy (non-hydrogen) atoms. The van der Waals surface area contributed by atoms with Gasteiger partial charge in [-0.2, -0.15) is 0 Å². The Morgan fingerprint density at radius 3 is 2.67 bits per heavy atom. The Labute approximate surface area is 185 Å². The van der Waals surface area contributed by atoms with Gasteiger partial charge in [0, 0.05) is 11.6 Å². The zero-order valence-electron chi connectivity index (χ0n) is 17.0. The van der Waals surface area contributed by atoms with E-state index in [0.717, 1.165) is 5.56 Å². The fourth-order valence-electron chi connectivity index (χ4n) is 3.21. The van der Waals surface area contributed by atoms with Crippen molar-refractivity contribution in [2.24, 2.45) is 5.92 Å². The van der Waals surface area contributed by atoms with E-state index in [2.05, 4.69) is 30.7 Å². The second kappa shape index (κ2) is 9.96. The molecule has 0 aliphatic rings. The molecule has 1 atom stereocenters. The van der Waals surface area contributed by atoms with Crippen LogP contribution in [0.25, 0.3) is 10.9 Å². The molecule has 1 amide bonds. The first-order chi connectivity index (χ1) is 14.4. The van der Waals surface area contributed by atoms with Crippen LogP contribution in [0.5, 0.6) is 0 Å². The number of benzene rings is 2. The minimum absolute atomic E-state index is 0.0852. The number of nitrogens with one attached hydrogen (secondary N) is 1. The fraction of sp³-hybridized carbons (Fsp3) is 0.261. The molecule has 0 saturated carbocycles. The molecule has 0 bridgehead atoms. The lowest BCUT2D eigenvalue weighted by Gasteiger charge is -2.23. The third-order valence-corrected chi connectivity index (χ3v) is 5.88. The monoisotopic (exact) mass is 441 g/mol. The van der Waals surface area contributed by atoms with E-state index in [-0.39, 0.29) is 29.2 Å². The van der Waals surface area contributed by atoms with E-state index in [1.165, 1.54) is 16.3 Å². The second-order valence-electron chi connectivity index (χ2n) is 7.25. The van der Waals surface area contributed by atoms with Crippen LogP contribution in [0.4, 0.5) is 0 Å². The molecule has 0 aliphatic heterocycles. The molecule has 2 aromatic carbocycles. The van der Waals surface area contributed by atoms with Gasteiger partial charge in [-0.25, -0.2) is 4.98 Å². The number of rotatable bonds is 8. The van der Waals surface area contributed by atoms with E-state index < -0.39 is 0 Å². The van der Waals surface area contributed by atoms with Gasteiger partial charge in [0.05, 0.1) is 22.7 Å². The zero-order valence-corrected chi connectivity index (χ0v) is 18.5. The van der Waals surface area contributed by atoms with Crippen molar-refractivity contribution in [1.29, 1.82) is 0 Å². The number of halogens is 1. The Kier molecular flexibility index (Phi) is 7.34. The molecule has 7 heteroatoms. The number of carbonyl (C=O) groups is 1. The SMILES string of the molecule is C=CCn1c(SCC(=O)NC(c2ccccc2)C(C)C)nc2cc(Cl)ccc2c1=O. The summed E-state index contributed by atoms with van der Waals surface area (Å²) in [4.78, 5) is 30.1. The molecule has 1 N–H and O–H groups in total. The summed E-state index contributed by atoms with van der Waals surface area (Å²) in [6.07, 6.45) is 1.64. The van der Waals surface area contributed by atoms with Crippen molar-refractivity contribution in [3.63, 3.8) is 0 Å². The second-order valence-corrected chi connectivity index (χ2v) is 8.63. The van der Waals surface area contributed by atoms with E-state index >= 15 is 0 Å². The molecule has 0 spiro atoms. The van der Waals surface area contributed by atoms with Crippen molar-refractivity contribution in [3.8, 4) is 0 Å². The molecule has 0 saturated heterocycles. The third-order valence-electron chi connectivity index (χ3n) is 4.67. The van der Waals surface area contributed by atoms with Crippen molar-refractivity contribution in [2.45, 2.75) is 31.6 Å². The number of amides is 1. The first kappa shape index (κ1) is 22.1. The summed E-state index contributed by atoms with van der Waals surface area (Å²) in [5.41, 5.74) is 1.40. The van der Waals surface area contributed by atoms with E-state index in [1.807, 2.05) is 30.3 Å². The van der Waals surface area contributed by atoms with Crippen LogP contribution in [-0.2, 0) is 11.3 Å². The topological polar surface area (TPSA) is 64.0 Å². The minimum atomic E-state index is -0.177. The Morgan fingerprint density at radius 2 is 2.00 bits per heavy atom. The van der Waals surface area contributed by atoms with Gasteiger partial charge in [-0.05, 0) is 29.7 Å². The molecule has 3 rings (SSSR count). The fourth-order valence-corrected chi connectivity index (χ4v) is 4.20. The molecule has 1 unspecified atom stereocenters. The predicted molar refractivity (Wildman–Crippen MR) is 124 cm³/mol. The molecular weight excluding hydrogens is 418 g/mol. The summed E-state index contributed by atoms with van der Waals surface area (Å²) >= 11 is 7.29. The number of allylic oxidation sites excluding steroid dienone is 1. The number of carbonyl (C=O) groups excluding carboxylic acids is 1. The number of nitrogens with zero attached hydrogens (tertiary/aromatic N) is 2. The van der Waals surface area contributed by atoms with Crippen molar-refractivity contribution >= 4 is 40.2 Å². The third kappa shape index (κ3) is 5.12. The Morgan fingerprint density at radius 1 is 1.27 bits per heavy atom. The maximum absolute atomic E-state index is 12.9. The lowest BCUT2D eigenvalue weighted by atomic mass is 9.96. The van der Waals surface area contributed by atoms with Crippen LogP contribution in [0.1, 0.15) is 25.5 Å². The lowest BCUT2D eigenvalue weighted by molar-refractivity contribution is -0.119. The molecule has 0 aliphatic carbocycles. The molecule has 1 aromatic heterocycles. The van der Waals surface area contributed by atoms with E-state index in [1.54, 1.807) is 24.3 Å². The van der Waals surface area contributed by atoms with Gasteiger partial charge in [0.2, 0.25) is 5.91 Å². The Hall–Kier alpha value is -2.57. The van der Waals surface area contributed by atoms with E-state index in [0.29, 0.717) is 27.6 Å².